The minimum atomic E-state index is -0.431. The van der Waals surface area contributed by atoms with Crippen molar-refractivity contribution < 1.29 is 14.3 Å². The Labute approximate surface area is 114 Å². The van der Waals surface area contributed by atoms with Gasteiger partial charge in [0.15, 0.2) is 0 Å². The van der Waals surface area contributed by atoms with E-state index in [2.05, 4.69) is 5.32 Å². The van der Waals surface area contributed by atoms with Crippen LogP contribution < -0.4 is 5.32 Å². The van der Waals surface area contributed by atoms with Crippen molar-refractivity contribution in [3.8, 4) is 0 Å². The molecule has 0 aliphatic carbocycles. The minimum Gasteiger partial charge on any atom is -0.444 e. The minimum absolute atomic E-state index is 0.343. The average Bonchev–Trinajstić information content (AvgIpc) is 2.24. The molecule has 0 unspecified atom stereocenters. The van der Waals surface area contributed by atoms with E-state index in [1.165, 1.54) is 0 Å². The monoisotopic (exact) mass is 275 g/mol. The smallest absolute Gasteiger partial charge is 0.407 e. The van der Waals surface area contributed by atoms with Gasteiger partial charge in [-0.3, -0.25) is 0 Å². The number of unbranched alkanes of at least 4 members (excludes halogenated alkanes) is 3. The van der Waals surface area contributed by atoms with Crippen LogP contribution in [0.25, 0.3) is 0 Å². The van der Waals surface area contributed by atoms with E-state index >= 15 is 0 Å². The first-order chi connectivity index (χ1) is 8.45. The van der Waals surface area contributed by atoms with Crippen LogP contribution in [0.1, 0.15) is 46.5 Å². The first-order valence-electron chi connectivity index (χ1n) is 6.44. The maximum absolute atomic E-state index is 11.3. The van der Waals surface area contributed by atoms with Gasteiger partial charge in [0.25, 0.3) is 0 Å². The van der Waals surface area contributed by atoms with Crippen LogP contribution in [0.2, 0.25) is 0 Å². The van der Waals surface area contributed by atoms with Crippen molar-refractivity contribution in [3.05, 3.63) is 0 Å². The molecule has 0 aromatic rings. The van der Waals surface area contributed by atoms with E-state index in [1.807, 2.05) is 20.8 Å². The molecule has 0 saturated heterocycles. The number of alkyl carbamates (subject to hydrolysis) is 1. The number of amides is 1. The molecule has 1 N–H and O–H groups in total. The molecule has 1 amide bonds. The molecule has 4 nitrogen and oxygen atoms in total. The molecule has 18 heavy (non-hydrogen) atoms. The zero-order valence-electron chi connectivity index (χ0n) is 11.7. The van der Waals surface area contributed by atoms with Gasteiger partial charge in [-0.05, 0) is 39.4 Å². The van der Waals surface area contributed by atoms with Crippen LogP contribution in [0.3, 0.4) is 0 Å². The Morgan fingerprint density at radius 1 is 1.22 bits per heavy atom. The molecule has 106 valence electrons. The van der Waals surface area contributed by atoms with Crippen molar-refractivity contribution in [2.75, 3.05) is 18.1 Å². The fourth-order valence-electron chi connectivity index (χ4n) is 1.32. The second kappa shape index (κ2) is 10.2. The van der Waals surface area contributed by atoms with Crippen molar-refractivity contribution in [2.24, 2.45) is 0 Å². The summed E-state index contributed by atoms with van der Waals surface area (Å²) in [6, 6.07) is 0. The van der Waals surface area contributed by atoms with Crippen molar-refractivity contribution in [3.63, 3.8) is 0 Å². The van der Waals surface area contributed by atoms with E-state index in [0.29, 0.717) is 12.3 Å². The third-order valence-electron chi connectivity index (χ3n) is 2.07. The van der Waals surface area contributed by atoms with Crippen LogP contribution in [-0.4, -0.2) is 36.0 Å². The summed E-state index contributed by atoms with van der Waals surface area (Å²) >= 11 is 1.67. The summed E-state index contributed by atoms with van der Waals surface area (Å²) in [5.41, 5.74) is -0.431. The summed E-state index contributed by atoms with van der Waals surface area (Å²) < 4.78 is 5.12. The fraction of sp³-hybridized carbons (Fsp3) is 0.846. The predicted octanol–water partition coefficient (Wildman–Crippen LogP) is 3.00. The zero-order chi connectivity index (χ0) is 13.9. The Morgan fingerprint density at radius 2 is 1.89 bits per heavy atom. The first-order valence-corrected chi connectivity index (χ1v) is 7.59. The summed E-state index contributed by atoms with van der Waals surface area (Å²) in [5, 5.41) is 2.74. The largest absolute Gasteiger partial charge is 0.444 e. The van der Waals surface area contributed by atoms with E-state index in [9.17, 15) is 9.59 Å². The van der Waals surface area contributed by atoms with Crippen molar-refractivity contribution in [1.29, 1.82) is 0 Å². The van der Waals surface area contributed by atoms with Gasteiger partial charge in [-0.1, -0.05) is 12.8 Å². The van der Waals surface area contributed by atoms with Crippen LogP contribution >= 0.6 is 11.8 Å². The predicted molar refractivity (Wildman–Crippen MR) is 76.1 cm³/mol. The number of aldehydes is 1. The van der Waals surface area contributed by atoms with Gasteiger partial charge in [-0.15, -0.1) is 0 Å². The van der Waals surface area contributed by atoms with Crippen LogP contribution in [-0.2, 0) is 9.53 Å². The lowest BCUT2D eigenvalue weighted by Crippen LogP contribution is -2.32. The summed E-state index contributed by atoms with van der Waals surface area (Å²) in [6.45, 7) is 6.22. The number of hydrogen-bond donors (Lipinski definition) is 1. The molecule has 0 bridgehead atoms. The highest BCUT2D eigenvalue weighted by molar-refractivity contribution is 7.99. The second-order valence-corrected chi connectivity index (χ2v) is 6.23. The third-order valence-corrected chi connectivity index (χ3v) is 3.02. The Morgan fingerprint density at radius 3 is 2.50 bits per heavy atom. The molecular weight excluding hydrogens is 250 g/mol. The fourth-order valence-corrected chi connectivity index (χ4v) is 1.99. The van der Waals surface area contributed by atoms with Gasteiger partial charge in [0.1, 0.15) is 11.9 Å². The second-order valence-electron chi connectivity index (χ2n) is 5.08. The van der Waals surface area contributed by atoms with E-state index in [-0.39, 0.29) is 6.09 Å². The Bertz CT molecular complexity index is 239. The SMILES string of the molecule is CC(C)(C)OC(=O)NCCCCCCSCC=O. The number of nitrogens with one attached hydrogen (secondary N) is 1. The molecule has 0 aromatic heterocycles. The van der Waals surface area contributed by atoms with E-state index in [1.54, 1.807) is 11.8 Å². The van der Waals surface area contributed by atoms with Gasteiger partial charge in [-0.2, -0.15) is 11.8 Å². The maximum Gasteiger partial charge on any atom is 0.407 e. The highest BCUT2D eigenvalue weighted by Crippen LogP contribution is 2.07. The number of hydrogen-bond acceptors (Lipinski definition) is 4. The van der Waals surface area contributed by atoms with E-state index in [4.69, 9.17) is 4.74 Å². The summed E-state index contributed by atoms with van der Waals surface area (Å²) in [7, 11) is 0. The van der Waals surface area contributed by atoms with Gasteiger partial charge < -0.3 is 14.8 Å². The molecule has 0 aliphatic rings. The van der Waals surface area contributed by atoms with E-state index in [0.717, 1.165) is 37.7 Å². The maximum atomic E-state index is 11.3. The Balaban J connectivity index is 3.25. The summed E-state index contributed by atoms with van der Waals surface area (Å²) in [6.07, 6.45) is 4.93. The third kappa shape index (κ3) is 13.4. The normalized spacial score (nSPS) is 11.1. The zero-order valence-corrected chi connectivity index (χ0v) is 12.5. The van der Waals surface area contributed by atoms with Crippen molar-refractivity contribution in [1.82, 2.24) is 5.32 Å². The highest BCUT2D eigenvalue weighted by Gasteiger charge is 2.15. The molecule has 0 spiro atoms. The molecule has 5 heteroatoms. The number of thioether (sulfide) groups is 1. The van der Waals surface area contributed by atoms with Crippen LogP contribution in [0.5, 0.6) is 0 Å². The summed E-state index contributed by atoms with van der Waals surface area (Å²) in [5.74, 6) is 1.64. The van der Waals surface area contributed by atoms with Crippen LogP contribution in [0, 0.1) is 0 Å². The van der Waals surface area contributed by atoms with Crippen molar-refractivity contribution >= 4 is 24.1 Å². The van der Waals surface area contributed by atoms with Gasteiger partial charge in [-0.25, -0.2) is 4.79 Å². The average molecular weight is 275 g/mol. The number of carbonyl (C=O) groups is 2. The first kappa shape index (κ1) is 17.3. The van der Waals surface area contributed by atoms with E-state index < -0.39 is 5.60 Å². The molecule has 0 heterocycles. The lowest BCUT2D eigenvalue weighted by molar-refractivity contribution is -0.105. The number of rotatable bonds is 9. The van der Waals surface area contributed by atoms with Gasteiger partial charge >= 0.3 is 6.09 Å². The van der Waals surface area contributed by atoms with Crippen LogP contribution in [0.4, 0.5) is 4.79 Å². The molecular formula is C13H25NO3S. The standard InChI is InChI=1S/C13H25NO3S/c1-13(2,3)17-12(16)14-8-6-4-5-7-10-18-11-9-15/h9H,4-8,10-11H2,1-3H3,(H,14,16). The van der Waals surface area contributed by atoms with Crippen molar-refractivity contribution in [2.45, 2.75) is 52.1 Å². The van der Waals surface area contributed by atoms with Crippen LogP contribution in [0.15, 0.2) is 0 Å². The topological polar surface area (TPSA) is 55.4 Å². The van der Waals surface area contributed by atoms with Gasteiger partial charge in [0.2, 0.25) is 0 Å². The molecule has 0 atom stereocenters. The Kier molecular flexibility index (Phi) is 9.83. The molecule has 0 aliphatic heterocycles. The lowest BCUT2D eigenvalue weighted by Gasteiger charge is -2.19. The number of ether oxygens (including phenoxy) is 1. The lowest BCUT2D eigenvalue weighted by atomic mass is 10.2. The quantitative estimate of drug-likeness (QED) is 0.519. The summed E-state index contributed by atoms with van der Waals surface area (Å²) in [4.78, 5) is 21.4. The molecule has 0 aromatic carbocycles. The van der Waals surface area contributed by atoms with Gasteiger partial charge in [0.05, 0.1) is 0 Å². The molecule has 0 rings (SSSR count). The van der Waals surface area contributed by atoms with Gasteiger partial charge in [0, 0.05) is 12.3 Å². The molecule has 0 fully saturated rings. The number of carbonyl (C=O) groups excluding carboxylic acids is 2. The highest BCUT2D eigenvalue weighted by atomic mass is 32.2. The Hall–Kier alpha value is -0.710. The molecule has 0 radical (unpaired) electrons. The molecule has 0 saturated carbocycles.